The smallest absolute Gasteiger partial charge is 0.391 e. The highest BCUT2D eigenvalue weighted by Gasteiger charge is 2.44. The molecule has 8 rings (SSSR count). The summed E-state index contributed by atoms with van der Waals surface area (Å²) in [5.41, 5.74) is 2.11. The third kappa shape index (κ3) is 13.2. The summed E-state index contributed by atoms with van der Waals surface area (Å²) in [6.45, 7) is 12.1. The molecule has 0 unspecified atom stereocenters. The summed E-state index contributed by atoms with van der Waals surface area (Å²) in [6, 6.07) is 15.9. The topological polar surface area (TPSA) is 235 Å². The Bertz CT molecular complexity index is 3280. The molecule has 0 aliphatic carbocycles. The Labute approximate surface area is 457 Å². The second-order valence-corrected chi connectivity index (χ2v) is 21.4. The van der Waals surface area contributed by atoms with E-state index in [-0.39, 0.29) is 72.9 Å². The molecular weight excluding hydrogens is 1050 g/mol. The quantitative estimate of drug-likeness (QED) is 0.0393. The van der Waals surface area contributed by atoms with Crippen molar-refractivity contribution in [2.45, 2.75) is 96.7 Å². The highest BCUT2D eigenvalue weighted by molar-refractivity contribution is 7.13. The number of H-pyrrole nitrogens is 1. The fraction of sp³-hybridized carbons (Fsp3) is 0.393. The third-order valence-electron chi connectivity index (χ3n) is 14.5. The van der Waals surface area contributed by atoms with Crippen LogP contribution in [0, 0.1) is 25.6 Å². The number of thiazole rings is 1. The van der Waals surface area contributed by atoms with Gasteiger partial charge in [0.25, 0.3) is 11.8 Å². The van der Waals surface area contributed by atoms with Gasteiger partial charge in [-0.15, -0.1) is 11.3 Å². The van der Waals surface area contributed by atoms with Crippen molar-refractivity contribution >= 4 is 52.2 Å². The standard InChI is InChI=1S/C56H62F4N10O8S/c1-29(2)50(47-18-30(3)67-78-47)55(77)70-27-38(71)21-46(70)54(76)65-43(34-8-10-35(11-9-34)51-33(6)64-28-79-51)23-49(73)61-16-17-62-52(74)37-12-14-39(42(57)19-37)36-13-15-45(69-25-31(4)68(7)32(5)26-69)44(20-36)66-53(75)40-24-63-48(72)22-41(40)56(58,59)60/h8-15,18-20,22,24,28-29,31-32,38,43,46,50,71H,16-17,21,23,25-27H2,1-7H3,(H,61,73)(H,62,74)(H,63,72)(H,65,76)(H,66,75)/t31-,32+,38-,43+,46+,50-/m1/s1. The number of likely N-dealkylation sites (N-methyl/N-ethyl adjacent to an activating group) is 1. The summed E-state index contributed by atoms with van der Waals surface area (Å²) in [7, 11) is 1.98. The maximum Gasteiger partial charge on any atom is 0.417 e. The summed E-state index contributed by atoms with van der Waals surface area (Å²) >= 11 is 1.47. The van der Waals surface area contributed by atoms with Crippen LogP contribution < -0.4 is 31.7 Å². The van der Waals surface area contributed by atoms with E-state index in [4.69, 9.17) is 4.52 Å². The number of hydrogen-bond donors (Lipinski definition) is 6. The van der Waals surface area contributed by atoms with Crippen molar-refractivity contribution in [1.29, 1.82) is 0 Å². The van der Waals surface area contributed by atoms with Crippen molar-refractivity contribution in [3.63, 3.8) is 0 Å². The first-order valence-electron chi connectivity index (χ1n) is 25.8. The zero-order valence-electron chi connectivity index (χ0n) is 44.5. The van der Waals surface area contributed by atoms with Gasteiger partial charge in [0.05, 0.1) is 62.8 Å². The van der Waals surface area contributed by atoms with Gasteiger partial charge in [-0.25, -0.2) is 9.37 Å². The molecule has 2 aliphatic heterocycles. The van der Waals surface area contributed by atoms with Gasteiger partial charge in [-0.2, -0.15) is 13.2 Å². The van der Waals surface area contributed by atoms with Crippen LogP contribution in [0.4, 0.5) is 28.9 Å². The third-order valence-corrected chi connectivity index (χ3v) is 15.4. The van der Waals surface area contributed by atoms with Gasteiger partial charge in [0, 0.05) is 80.7 Å². The number of aromatic amines is 1. The molecule has 23 heteroatoms. The summed E-state index contributed by atoms with van der Waals surface area (Å²) in [4.78, 5) is 93.7. The van der Waals surface area contributed by atoms with E-state index >= 15 is 4.39 Å². The molecule has 2 fully saturated rings. The maximum atomic E-state index is 16.1. The number of carbonyl (C=O) groups is 5. The van der Waals surface area contributed by atoms with Crippen LogP contribution >= 0.6 is 11.3 Å². The molecule has 2 aliphatic rings. The molecular formula is C56H62F4N10O8S. The Morgan fingerprint density at radius 1 is 0.899 bits per heavy atom. The van der Waals surface area contributed by atoms with E-state index in [1.165, 1.54) is 34.4 Å². The van der Waals surface area contributed by atoms with E-state index < -0.39 is 82.3 Å². The molecule has 3 aromatic carbocycles. The molecule has 6 atom stereocenters. The lowest BCUT2D eigenvalue weighted by molar-refractivity contribution is -0.141. The number of benzene rings is 3. The number of aliphatic hydroxyl groups is 1. The summed E-state index contributed by atoms with van der Waals surface area (Å²) in [5.74, 6) is -4.77. The molecule has 79 heavy (non-hydrogen) atoms. The summed E-state index contributed by atoms with van der Waals surface area (Å²) in [5, 5.41) is 25.7. The molecule has 5 amide bonds. The lowest BCUT2D eigenvalue weighted by atomic mass is 9.91. The lowest BCUT2D eigenvalue weighted by Crippen LogP contribution is -2.55. The highest BCUT2D eigenvalue weighted by Crippen LogP contribution is 2.38. The second kappa shape index (κ2) is 24.1. The van der Waals surface area contributed by atoms with Gasteiger partial charge in [-0.1, -0.05) is 55.4 Å². The Morgan fingerprint density at radius 2 is 1.59 bits per heavy atom. The zero-order valence-corrected chi connectivity index (χ0v) is 45.4. The fourth-order valence-corrected chi connectivity index (χ4v) is 10.9. The first kappa shape index (κ1) is 57.4. The number of hydrogen-bond acceptors (Lipinski definition) is 13. The van der Waals surface area contributed by atoms with E-state index in [2.05, 4.69) is 41.3 Å². The predicted octanol–water partition coefficient (Wildman–Crippen LogP) is 7.20. The molecule has 0 spiro atoms. The van der Waals surface area contributed by atoms with Gasteiger partial charge in [0.1, 0.15) is 23.5 Å². The van der Waals surface area contributed by atoms with Crippen LogP contribution in [0.3, 0.4) is 0 Å². The van der Waals surface area contributed by atoms with E-state index in [1.807, 2.05) is 58.7 Å². The number of pyridine rings is 1. The van der Waals surface area contributed by atoms with Gasteiger partial charge in [-0.3, -0.25) is 33.7 Å². The van der Waals surface area contributed by atoms with E-state index in [1.54, 1.807) is 42.8 Å². The van der Waals surface area contributed by atoms with Crippen molar-refractivity contribution in [1.82, 2.24) is 40.9 Å². The minimum atomic E-state index is -5.02. The maximum absolute atomic E-state index is 16.1. The van der Waals surface area contributed by atoms with Crippen molar-refractivity contribution in [2.24, 2.45) is 5.92 Å². The van der Waals surface area contributed by atoms with Crippen LogP contribution in [0.5, 0.6) is 0 Å². The van der Waals surface area contributed by atoms with Crippen LogP contribution in [-0.4, -0.2) is 124 Å². The number of carbonyl (C=O) groups excluding carboxylic acids is 5. The number of aliphatic hydroxyl groups excluding tert-OH is 1. The van der Waals surface area contributed by atoms with E-state index in [9.17, 15) is 47.0 Å². The first-order valence-corrected chi connectivity index (χ1v) is 26.6. The van der Waals surface area contributed by atoms with Gasteiger partial charge in [0.15, 0.2) is 0 Å². The van der Waals surface area contributed by atoms with Crippen molar-refractivity contribution in [3.05, 3.63) is 140 Å². The Morgan fingerprint density at radius 3 is 2.23 bits per heavy atom. The molecule has 18 nitrogen and oxygen atoms in total. The summed E-state index contributed by atoms with van der Waals surface area (Å²) in [6.07, 6.45) is -5.59. The molecule has 3 aromatic heterocycles. The van der Waals surface area contributed by atoms with Gasteiger partial charge >= 0.3 is 6.18 Å². The number of aromatic nitrogens is 3. The predicted molar refractivity (Wildman–Crippen MR) is 289 cm³/mol. The molecule has 5 heterocycles. The molecule has 418 valence electrons. The molecule has 0 saturated carbocycles. The number of amides is 5. The minimum absolute atomic E-state index is 0.0191. The van der Waals surface area contributed by atoms with E-state index in [0.29, 0.717) is 48.1 Å². The molecule has 2 saturated heterocycles. The molecule has 0 radical (unpaired) electrons. The van der Waals surface area contributed by atoms with Crippen molar-refractivity contribution < 1.29 is 51.2 Å². The normalized spacial score (nSPS) is 18.5. The number of alkyl halides is 3. The average molecular weight is 1110 g/mol. The number of anilines is 2. The van der Waals surface area contributed by atoms with E-state index in [0.717, 1.165) is 22.2 Å². The minimum Gasteiger partial charge on any atom is -0.391 e. The average Bonchev–Trinajstić information content (AvgIpc) is 4.20. The number of rotatable bonds is 17. The number of nitrogens with zero attached hydrogens (tertiary/aromatic N) is 5. The number of aryl methyl sites for hydroxylation is 2. The van der Waals surface area contributed by atoms with Crippen LogP contribution in [0.15, 0.2) is 93.8 Å². The van der Waals surface area contributed by atoms with Gasteiger partial charge in [-0.05, 0) is 81.6 Å². The Hall–Kier alpha value is -7.76. The Kier molecular flexibility index (Phi) is 17.5. The van der Waals surface area contributed by atoms with Crippen LogP contribution in [0.2, 0.25) is 0 Å². The van der Waals surface area contributed by atoms with Crippen molar-refractivity contribution in [2.75, 3.05) is 50.0 Å². The van der Waals surface area contributed by atoms with Gasteiger partial charge in [0.2, 0.25) is 23.3 Å². The number of likely N-dealkylation sites (tertiary alicyclic amines) is 1. The number of piperazine rings is 1. The van der Waals surface area contributed by atoms with Crippen LogP contribution in [0.1, 0.15) is 101 Å². The number of β-amino-alcohol motifs (C(OH)–C–C–N with tert-alkyl or cyclic N) is 1. The van der Waals surface area contributed by atoms with Crippen LogP contribution in [-0.2, 0) is 20.6 Å². The molecule has 6 aromatic rings. The molecule has 0 bridgehead atoms. The van der Waals surface area contributed by atoms with Crippen molar-refractivity contribution in [3.8, 4) is 21.6 Å². The zero-order chi connectivity index (χ0) is 57.0. The number of halogens is 4. The van der Waals surface area contributed by atoms with Gasteiger partial charge < -0.3 is 45.7 Å². The SMILES string of the molecule is Cc1cc([C@H](C(=O)N2C[C@H](O)C[C@H]2C(=O)N[C@@H](CC(=O)NCCNC(=O)c2ccc(-c3ccc(N4C[C@@H](C)N(C)[C@@H](C)C4)c(NC(=O)c4c[nH]c(=O)cc4C(F)(F)F)c3)c(F)c2)c2ccc(-c3scnc3C)cc2)C(C)C)on1. The lowest BCUT2D eigenvalue weighted by Gasteiger charge is -2.44. The largest absolute Gasteiger partial charge is 0.417 e. The fourth-order valence-electron chi connectivity index (χ4n) is 10.1. The first-order chi connectivity index (χ1) is 37.5. The number of nitrogens with one attached hydrogen (secondary N) is 5. The Balaban J connectivity index is 0.940. The van der Waals surface area contributed by atoms with Crippen LogP contribution in [0.25, 0.3) is 21.6 Å². The second-order valence-electron chi connectivity index (χ2n) is 20.5. The monoisotopic (exact) mass is 1110 g/mol. The summed E-state index contributed by atoms with van der Waals surface area (Å²) < 4.78 is 63.6. The highest BCUT2D eigenvalue weighted by atomic mass is 32.1. The molecule has 6 N–H and O–H groups in total.